The van der Waals surface area contributed by atoms with Gasteiger partial charge in [-0.3, -0.25) is 9.59 Å². The van der Waals surface area contributed by atoms with Gasteiger partial charge in [-0.05, 0) is 18.2 Å². The molecule has 2 aromatic carbocycles. The third-order valence-electron chi connectivity index (χ3n) is 3.42. The summed E-state index contributed by atoms with van der Waals surface area (Å²) in [6.45, 7) is 0. The molecule has 1 aliphatic rings. The monoisotopic (exact) mass is 279 g/mol. The standard InChI is InChI=1S/C17H13NO3/c19-15-8-4-7-14-13(15)9-12(17(21)18-14)10-16(20)11-5-2-1-3-6-11/h1-8,10,19H,9H2,(H,18,21)/b12-10+. The van der Waals surface area contributed by atoms with Crippen molar-refractivity contribution in [2.24, 2.45) is 0 Å². The molecule has 0 atom stereocenters. The molecule has 0 spiro atoms. The van der Waals surface area contributed by atoms with Crippen LogP contribution in [0.1, 0.15) is 15.9 Å². The van der Waals surface area contributed by atoms with Gasteiger partial charge in [0.05, 0.1) is 0 Å². The van der Waals surface area contributed by atoms with E-state index in [1.165, 1.54) is 6.08 Å². The largest absolute Gasteiger partial charge is 0.508 e. The predicted octanol–water partition coefficient (Wildman–Crippen LogP) is 2.70. The zero-order valence-corrected chi connectivity index (χ0v) is 11.2. The van der Waals surface area contributed by atoms with Crippen molar-refractivity contribution < 1.29 is 14.7 Å². The predicted molar refractivity (Wildman–Crippen MR) is 79.3 cm³/mol. The molecule has 21 heavy (non-hydrogen) atoms. The molecule has 2 aromatic rings. The maximum atomic E-state index is 12.1. The van der Waals surface area contributed by atoms with Crippen molar-refractivity contribution in [3.05, 3.63) is 71.3 Å². The molecular formula is C17H13NO3. The fraction of sp³-hybridized carbons (Fsp3) is 0.0588. The number of phenols is 1. The number of hydrogen-bond donors (Lipinski definition) is 2. The molecular weight excluding hydrogens is 266 g/mol. The van der Waals surface area contributed by atoms with Gasteiger partial charge in [-0.2, -0.15) is 0 Å². The second-order valence-corrected chi connectivity index (χ2v) is 4.83. The number of nitrogens with one attached hydrogen (secondary N) is 1. The van der Waals surface area contributed by atoms with Crippen LogP contribution in [-0.4, -0.2) is 16.8 Å². The van der Waals surface area contributed by atoms with E-state index in [4.69, 9.17) is 0 Å². The van der Waals surface area contributed by atoms with Gasteiger partial charge < -0.3 is 10.4 Å². The molecule has 0 bridgehead atoms. The minimum absolute atomic E-state index is 0.116. The van der Waals surface area contributed by atoms with Crippen molar-refractivity contribution in [1.82, 2.24) is 0 Å². The van der Waals surface area contributed by atoms with Crippen molar-refractivity contribution in [1.29, 1.82) is 0 Å². The summed E-state index contributed by atoms with van der Waals surface area (Å²) in [5, 5.41) is 12.5. The lowest BCUT2D eigenvalue weighted by Crippen LogP contribution is -2.23. The van der Waals surface area contributed by atoms with Gasteiger partial charge in [-0.15, -0.1) is 0 Å². The van der Waals surface area contributed by atoms with Crippen LogP contribution < -0.4 is 5.32 Å². The number of carbonyl (C=O) groups is 2. The van der Waals surface area contributed by atoms with Crippen LogP contribution in [0.15, 0.2) is 60.2 Å². The van der Waals surface area contributed by atoms with Gasteiger partial charge in [0.2, 0.25) is 0 Å². The first-order chi connectivity index (χ1) is 10.1. The van der Waals surface area contributed by atoms with E-state index in [0.717, 1.165) is 0 Å². The highest BCUT2D eigenvalue weighted by Crippen LogP contribution is 2.32. The number of carbonyl (C=O) groups excluding carboxylic acids is 2. The van der Waals surface area contributed by atoms with E-state index in [9.17, 15) is 14.7 Å². The molecule has 0 unspecified atom stereocenters. The van der Waals surface area contributed by atoms with Gasteiger partial charge in [-0.1, -0.05) is 36.4 Å². The van der Waals surface area contributed by atoms with Crippen LogP contribution in [0.2, 0.25) is 0 Å². The normalized spacial score (nSPS) is 15.4. The second kappa shape index (κ2) is 5.25. The third kappa shape index (κ3) is 2.56. The highest BCUT2D eigenvalue weighted by atomic mass is 16.3. The zero-order chi connectivity index (χ0) is 14.8. The Morgan fingerprint density at radius 3 is 2.62 bits per heavy atom. The molecule has 4 heteroatoms. The summed E-state index contributed by atoms with van der Waals surface area (Å²) in [4.78, 5) is 24.2. The number of amides is 1. The number of phenolic OH excluding ortho intramolecular Hbond substituents is 1. The zero-order valence-electron chi connectivity index (χ0n) is 11.2. The Labute approximate surface area is 121 Å². The average molecular weight is 279 g/mol. The van der Waals surface area contributed by atoms with Crippen LogP contribution in [0.3, 0.4) is 0 Å². The van der Waals surface area contributed by atoms with E-state index >= 15 is 0 Å². The summed E-state index contributed by atoms with van der Waals surface area (Å²) < 4.78 is 0. The van der Waals surface area contributed by atoms with Crippen LogP contribution >= 0.6 is 0 Å². The van der Waals surface area contributed by atoms with Crippen LogP contribution in [-0.2, 0) is 11.2 Å². The summed E-state index contributed by atoms with van der Waals surface area (Å²) in [7, 11) is 0. The minimum atomic E-state index is -0.308. The smallest absolute Gasteiger partial charge is 0.252 e. The SMILES string of the molecule is O=C1Nc2cccc(O)c2C/C1=C\C(=O)c1ccccc1. The first-order valence-electron chi connectivity index (χ1n) is 6.57. The molecule has 2 N–H and O–H groups in total. The van der Waals surface area contributed by atoms with Crippen molar-refractivity contribution in [3.63, 3.8) is 0 Å². The number of benzene rings is 2. The van der Waals surface area contributed by atoms with E-state index in [1.807, 2.05) is 6.07 Å². The Bertz CT molecular complexity index is 748. The minimum Gasteiger partial charge on any atom is -0.508 e. The summed E-state index contributed by atoms with van der Waals surface area (Å²) >= 11 is 0. The molecule has 0 aliphatic carbocycles. The van der Waals surface area contributed by atoms with Gasteiger partial charge in [0.25, 0.3) is 5.91 Å². The van der Waals surface area contributed by atoms with Gasteiger partial charge in [0.1, 0.15) is 5.75 Å². The lowest BCUT2D eigenvalue weighted by molar-refractivity contribution is -0.113. The molecule has 1 amide bonds. The van der Waals surface area contributed by atoms with E-state index in [0.29, 0.717) is 22.4 Å². The van der Waals surface area contributed by atoms with E-state index in [2.05, 4.69) is 5.32 Å². The second-order valence-electron chi connectivity index (χ2n) is 4.83. The molecule has 0 radical (unpaired) electrons. The Balaban J connectivity index is 1.93. The lowest BCUT2D eigenvalue weighted by Gasteiger charge is -2.19. The van der Waals surface area contributed by atoms with Crippen molar-refractivity contribution in [2.45, 2.75) is 6.42 Å². The molecule has 1 aliphatic heterocycles. The summed E-state index contributed by atoms with van der Waals surface area (Å²) in [6.07, 6.45) is 1.58. The third-order valence-corrected chi connectivity index (χ3v) is 3.42. The van der Waals surface area contributed by atoms with Gasteiger partial charge in [0.15, 0.2) is 5.78 Å². The number of hydrogen-bond acceptors (Lipinski definition) is 3. The quantitative estimate of drug-likeness (QED) is 0.656. The van der Waals surface area contributed by atoms with Gasteiger partial charge >= 0.3 is 0 Å². The molecule has 0 saturated carbocycles. The van der Waals surface area contributed by atoms with Crippen molar-refractivity contribution in [2.75, 3.05) is 5.32 Å². The number of fused-ring (bicyclic) bond motifs is 1. The highest BCUT2D eigenvalue weighted by Gasteiger charge is 2.23. The number of ketones is 1. The van der Waals surface area contributed by atoms with Gasteiger partial charge in [-0.25, -0.2) is 0 Å². The summed E-state index contributed by atoms with van der Waals surface area (Å²) in [6, 6.07) is 13.7. The maximum Gasteiger partial charge on any atom is 0.252 e. The topological polar surface area (TPSA) is 66.4 Å². The molecule has 4 nitrogen and oxygen atoms in total. The molecule has 0 saturated heterocycles. The first kappa shape index (κ1) is 13.1. The number of aromatic hydroxyl groups is 1. The Kier molecular flexibility index (Phi) is 3.28. The highest BCUT2D eigenvalue weighted by molar-refractivity contribution is 6.14. The van der Waals surface area contributed by atoms with Crippen molar-refractivity contribution >= 4 is 17.4 Å². The van der Waals surface area contributed by atoms with E-state index in [-0.39, 0.29) is 23.9 Å². The van der Waals surface area contributed by atoms with Crippen LogP contribution in [0.25, 0.3) is 0 Å². The Morgan fingerprint density at radius 1 is 1.10 bits per heavy atom. The van der Waals surface area contributed by atoms with Crippen molar-refractivity contribution in [3.8, 4) is 5.75 Å². The van der Waals surface area contributed by atoms with Gasteiger partial charge in [0, 0.05) is 28.8 Å². The maximum absolute atomic E-state index is 12.1. The van der Waals surface area contributed by atoms with Crippen LogP contribution in [0.5, 0.6) is 5.75 Å². The summed E-state index contributed by atoms with van der Waals surface area (Å²) in [5.41, 5.74) is 2.09. The molecule has 0 aromatic heterocycles. The number of anilines is 1. The number of rotatable bonds is 2. The Morgan fingerprint density at radius 2 is 1.86 bits per heavy atom. The first-order valence-corrected chi connectivity index (χ1v) is 6.57. The summed E-state index contributed by atoms with van der Waals surface area (Å²) in [5.74, 6) is -0.414. The van der Waals surface area contributed by atoms with Crippen LogP contribution in [0.4, 0.5) is 5.69 Å². The van der Waals surface area contributed by atoms with E-state index < -0.39 is 0 Å². The lowest BCUT2D eigenvalue weighted by atomic mass is 9.95. The fourth-order valence-electron chi connectivity index (χ4n) is 2.31. The molecule has 3 rings (SSSR count). The molecule has 104 valence electrons. The molecule has 0 fully saturated rings. The molecule has 1 heterocycles. The average Bonchev–Trinajstić information content (AvgIpc) is 2.50. The fourth-order valence-corrected chi connectivity index (χ4v) is 2.31. The Hall–Kier alpha value is -2.88. The van der Waals surface area contributed by atoms with E-state index in [1.54, 1.807) is 42.5 Å². The van der Waals surface area contributed by atoms with Crippen LogP contribution in [0, 0.1) is 0 Å². The number of allylic oxidation sites excluding steroid dienone is 1.